The topological polar surface area (TPSA) is 43.8 Å². The van der Waals surface area contributed by atoms with Crippen LogP contribution in [0.5, 0.6) is 0 Å². The van der Waals surface area contributed by atoms with Crippen molar-refractivity contribution in [1.82, 2.24) is 9.55 Å². The Kier molecular flexibility index (Phi) is 3.16. The van der Waals surface area contributed by atoms with Crippen LogP contribution >= 0.6 is 0 Å². The summed E-state index contributed by atoms with van der Waals surface area (Å²) in [6.07, 6.45) is 1.84. The molecule has 3 nitrogen and oxygen atoms in total. The fourth-order valence-electron chi connectivity index (χ4n) is 2.09. The summed E-state index contributed by atoms with van der Waals surface area (Å²) in [5, 5.41) is 0. The van der Waals surface area contributed by atoms with Gasteiger partial charge in [0.1, 0.15) is 0 Å². The summed E-state index contributed by atoms with van der Waals surface area (Å²) in [6.45, 7) is 9.57. The first-order valence-electron chi connectivity index (χ1n) is 6.35. The van der Waals surface area contributed by atoms with Crippen molar-refractivity contribution in [1.29, 1.82) is 0 Å². The molecule has 0 spiro atoms. The summed E-state index contributed by atoms with van der Waals surface area (Å²) in [4.78, 5) is 4.18. The highest BCUT2D eigenvalue weighted by Crippen LogP contribution is 2.27. The van der Waals surface area contributed by atoms with Gasteiger partial charge < -0.3 is 10.3 Å². The van der Waals surface area contributed by atoms with Gasteiger partial charge in [0, 0.05) is 6.54 Å². The molecule has 0 unspecified atom stereocenters. The van der Waals surface area contributed by atoms with Gasteiger partial charge in [-0.2, -0.15) is 0 Å². The van der Waals surface area contributed by atoms with Crippen molar-refractivity contribution in [2.75, 3.05) is 5.73 Å². The minimum Gasteiger partial charge on any atom is -0.369 e. The molecule has 18 heavy (non-hydrogen) atoms. The number of rotatable bonds is 2. The van der Waals surface area contributed by atoms with Crippen LogP contribution in [-0.2, 0) is 12.0 Å². The molecule has 0 atom stereocenters. The highest BCUT2D eigenvalue weighted by atomic mass is 15.1. The molecular formula is C15H21N3. The van der Waals surface area contributed by atoms with Crippen LogP contribution in [-0.4, -0.2) is 9.55 Å². The van der Waals surface area contributed by atoms with E-state index < -0.39 is 0 Å². The maximum Gasteiger partial charge on any atom is 0.200 e. The molecule has 0 saturated heterocycles. The number of hydrogen-bond donors (Lipinski definition) is 1. The molecule has 0 aliphatic carbocycles. The number of imidazole rings is 1. The van der Waals surface area contributed by atoms with Crippen LogP contribution < -0.4 is 5.73 Å². The van der Waals surface area contributed by atoms with E-state index in [1.54, 1.807) is 0 Å². The second-order valence-electron chi connectivity index (χ2n) is 5.57. The fraction of sp³-hybridized carbons (Fsp3) is 0.400. The number of nitrogens with two attached hydrogens (primary N) is 1. The van der Waals surface area contributed by atoms with Gasteiger partial charge in [-0.05, 0) is 23.5 Å². The van der Waals surface area contributed by atoms with E-state index in [-0.39, 0.29) is 5.41 Å². The van der Waals surface area contributed by atoms with Crippen LogP contribution in [0.4, 0.5) is 5.95 Å². The second kappa shape index (κ2) is 4.48. The lowest BCUT2D eigenvalue weighted by Gasteiger charge is -2.19. The third-order valence-corrected chi connectivity index (χ3v) is 3.25. The predicted octanol–water partition coefficient (Wildman–Crippen LogP) is 3.45. The Bertz CT molecular complexity index is 530. The smallest absolute Gasteiger partial charge is 0.200 e. The van der Waals surface area contributed by atoms with Gasteiger partial charge in [-0.15, -0.1) is 0 Å². The highest BCUT2D eigenvalue weighted by Gasteiger charge is 2.14. The Morgan fingerprint density at radius 3 is 2.28 bits per heavy atom. The first-order valence-corrected chi connectivity index (χ1v) is 6.35. The third kappa shape index (κ3) is 2.26. The molecule has 2 aromatic rings. The van der Waals surface area contributed by atoms with Gasteiger partial charge in [0.25, 0.3) is 0 Å². The van der Waals surface area contributed by atoms with Gasteiger partial charge in [-0.1, -0.05) is 45.0 Å². The van der Waals surface area contributed by atoms with E-state index in [9.17, 15) is 0 Å². The number of anilines is 1. The van der Waals surface area contributed by atoms with E-state index in [0.717, 1.165) is 17.8 Å². The minimum atomic E-state index is 0.183. The normalized spacial score (nSPS) is 11.8. The molecule has 0 fully saturated rings. The summed E-state index contributed by atoms with van der Waals surface area (Å²) in [5.74, 6) is 0.576. The van der Waals surface area contributed by atoms with Crippen molar-refractivity contribution in [2.24, 2.45) is 0 Å². The number of hydrogen-bond acceptors (Lipinski definition) is 2. The molecule has 96 valence electrons. The lowest BCUT2D eigenvalue weighted by Crippen LogP contribution is -2.10. The van der Waals surface area contributed by atoms with E-state index in [0.29, 0.717) is 5.95 Å². The quantitative estimate of drug-likeness (QED) is 0.878. The van der Waals surface area contributed by atoms with Crippen molar-refractivity contribution in [3.05, 3.63) is 36.0 Å². The largest absolute Gasteiger partial charge is 0.369 e. The molecule has 3 heteroatoms. The summed E-state index contributed by atoms with van der Waals surface area (Å²) >= 11 is 0. The van der Waals surface area contributed by atoms with Crippen LogP contribution in [0.15, 0.2) is 30.5 Å². The standard InChI is InChI=1S/C15H21N3/c1-5-18-13(10-17-14(18)16)11-6-8-12(9-7-11)15(2,3)4/h6-10H,5H2,1-4H3,(H2,16,17). The molecule has 2 rings (SSSR count). The average Bonchev–Trinajstić information content (AvgIpc) is 2.69. The number of nitrogen functional groups attached to an aromatic ring is 1. The average molecular weight is 243 g/mol. The second-order valence-corrected chi connectivity index (χ2v) is 5.57. The fourth-order valence-corrected chi connectivity index (χ4v) is 2.09. The van der Waals surface area contributed by atoms with Crippen molar-refractivity contribution < 1.29 is 0 Å². The van der Waals surface area contributed by atoms with E-state index in [2.05, 4.69) is 56.9 Å². The van der Waals surface area contributed by atoms with Gasteiger partial charge in [0.15, 0.2) is 0 Å². The predicted molar refractivity (Wildman–Crippen MR) is 76.4 cm³/mol. The molecule has 0 bridgehead atoms. The van der Waals surface area contributed by atoms with Gasteiger partial charge in [0.05, 0.1) is 11.9 Å². The van der Waals surface area contributed by atoms with Crippen molar-refractivity contribution >= 4 is 5.95 Å². The van der Waals surface area contributed by atoms with E-state index in [1.807, 2.05) is 10.8 Å². The van der Waals surface area contributed by atoms with E-state index in [1.165, 1.54) is 5.56 Å². The zero-order valence-electron chi connectivity index (χ0n) is 11.6. The summed E-state index contributed by atoms with van der Waals surface area (Å²) in [6, 6.07) is 8.64. The Hall–Kier alpha value is -1.77. The van der Waals surface area contributed by atoms with E-state index in [4.69, 9.17) is 5.73 Å². The Morgan fingerprint density at radius 2 is 1.78 bits per heavy atom. The van der Waals surface area contributed by atoms with Crippen LogP contribution in [0.25, 0.3) is 11.3 Å². The summed E-state index contributed by atoms with van der Waals surface area (Å²) in [5.41, 5.74) is 9.60. The SMILES string of the molecule is CCn1c(-c2ccc(C(C)(C)C)cc2)cnc1N. The van der Waals surface area contributed by atoms with Crippen LogP contribution in [0.2, 0.25) is 0 Å². The van der Waals surface area contributed by atoms with E-state index >= 15 is 0 Å². The maximum atomic E-state index is 5.84. The lowest BCUT2D eigenvalue weighted by molar-refractivity contribution is 0.590. The maximum absolute atomic E-state index is 5.84. The highest BCUT2D eigenvalue weighted by molar-refractivity contribution is 5.61. The molecule has 0 saturated carbocycles. The monoisotopic (exact) mass is 243 g/mol. The zero-order valence-corrected chi connectivity index (χ0v) is 11.6. The number of benzene rings is 1. The lowest BCUT2D eigenvalue weighted by atomic mass is 9.86. The van der Waals surface area contributed by atoms with Gasteiger partial charge in [0.2, 0.25) is 5.95 Å². The van der Waals surface area contributed by atoms with Gasteiger partial charge >= 0.3 is 0 Å². The van der Waals surface area contributed by atoms with Crippen LogP contribution in [0, 0.1) is 0 Å². The van der Waals surface area contributed by atoms with Crippen LogP contribution in [0.1, 0.15) is 33.3 Å². The molecule has 1 aromatic heterocycles. The molecule has 1 heterocycles. The Labute approximate surface area is 109 Å². The Balaban J connectivity index is 2.40. The zero-order chi connectivity index (χ0) is 13.3. The van der Waals surface area contributed by atoms with Crippen molar-refractivity contribution in [2.45, 2.75) is 39.7 Å². The molecule has 2 N–H and O–H groups in total. The van der Waals surface area contributed by atoms with Crippen LogP contribution in [0.3, 0.4) is 0 Å². The molecule has 1 aromatic carbocycles. The van der Waals surface area contributed by atoms with Crippen molar-refractivity contribution in [3.8, 4) is 11.3 Å². The molecule has 0 aliphatic heterocycles. The molecular weight excluding hydrogens is 222 g/mol. The molecule has 0 amide bonds. The third-order valence-electron chi connectivity index (χ3n) is 3.25. The Morgan fingerprint density at radius 1 is 1.17 bits per heavy atom. The van der Waals surface area contributed by atoms with Crippen molar-refractivity contribution in [3.63, 3.8) is 0 Å². The molecule has 0 aliphatic rings. The number of aromatic nitrogens is 2. The number of nitrogens with zero attached hydrogens (tertiary/aromatic N) is 2. The summed E-state index contributed by atoms with van der Waals surface area (Å²) < 4.78 is 2.02. The molecule has 0 radical (unpaired) electrons. The first kappa shape index (κ1) is 12.7. The first-order chi connectivity index (χ1) is 8.43. The van der Waals surface area contributed by atoms with Gasteiger partial charge in [-0.25, -0.2) is 4.98 Å². The summed E-state index contributed by atoms with van der Waals surface area (Å²) in [7, 11) is 0. The van der Waals surface area contributed by atoms with Gasteiger partial charge in [-0.3, -0.25) is 0 Å². The minimum absolute atomic E-state index is 0.183.